The summed E-state index contributed by atoms with van der Waals surface area (Å²) >= 11 is 0. The van der Waals surface area contributed by atoms with E-state index in [1.165, 1.54) is 5.56 Å². The van der Waals surface area contributed by atoms with E-state index in [0.717, 1.165) is 66.0 Å². The van der Waals surface area contributed by atoms with E-state index in [0.29, 0.717) is 0 Å². The van der Waals surface area contributed by atoms with Crippen molar-refractivity contribution in [3.63, 3.8) is 0 Å². The molecule has 3 heterocycles. The number of nitrogens with one attached hydrogen (secondary N) is 1. The summed E-state index contributed by atoms with van der Waals surface area (Å²) in [6.45, 7) is 10.1. The lowest BCUT2D eigenvalue weighted by atomic mass is 9.82. The molecule has 1 aromatic carbocycles. The fraction of sp³-hybridized carbons (Fsp3) is 0.360. The van der Waals surface area contributed by atoms with Gasteiger partial charge in [0, 0.05) is 29.1 Å². The predicted octanol–water partition coefficient (Wildman–Crippen LogP) is 5.77. The molecule has 1 fully saturated rings. The van der Waals surface area contributed by atoms with Crippen LogP contribution in [-0.2, 0) is 17.6 Å². The molecule has 5 nitrogen and oxygen atoms in total. The molecule has 0 unspecified atom stereocenters. The largest absolute Gasteiger partial charge is 0.455 e. The van der Waals surface area contributed by atoms with E-state index in [4.69, 9.17) is 9.47 Å². The number of nitrogens with zero attached hydrogens (tertiary/aromatic N) is 2. The summed E-state index contributed by atoms with van der Waals surface area (Å²) in [5, 5.41) is 3.40. The van der Waals surface area contributed by atoms with Crippen molar-refractivity contribution < 1.29 is 9.47 Å². The van der Waals surface area contributed by atoms with E-state index in [2.05, 4.69) is 66.4 Å². The standard InChI is InChI=1S/C25H29N3O2/c1-5-22-17(2)11-23(18(3)27-22)30-21-9-10-26-24(13-21)28-20-8-6-7-19(12-20)14-25(4)15-29-16-25/h6-13H,5,14-16H2,1-4H3,(H,26,28). The van der Waals surface area contributed by atoms with Crippen LogP contribution in [0.25, 0.3) is 0 Å². The number of benzene rings is 1. The topological polar surface area (TPSA) is 56.3 Å². The van der Waals surface area contributed by atoms with Gasteiger partial charge >= 0.3 is 0 Å². The molecule has 30 heavy (non-hydrogen) atoms. The molecule has 5 heteroatoms. The summed E-state index contributed by atoms with van der Waals surface area (Å²) in [5.41, 5.74) is 5.72. The lowest BCUT2D eigenvalue weighted by Crippen LogP contribution is -2.41. The third kappa shape index (κ3) is 4.62. The van der Waals surface area contributed by atoms with Crippen molar-refractivity contribution in [2.45, 2.75) is 40.5 Å². The van der Waals surface area contributed by atoms with Gasteiger partial charge in [0.05, 0.1) is 18.9 Å². The zero-order valence-electron chi connectivity index (χ0n) is 18.2. The van der Waals surface area contributed by atoms with Crippen LogP contribution in [0.4, 0.5) is 11.5 Å². The molecular weight excluding hydrogens is 374 g/mol. The second kappa shape index (κ2) is 8.44. The lowest BCUT2D eigenvalue weighted by Gasteiger charge is -2.38. The minimum atomic E-state index is 0.252. The number of rotatable bonds is 7. The van der Waals surface area contributed by atoms with E-state index in [-0.39, 0.29) is 5.41 Å². The van der Waals surface area contributed by atoms with Crippen molar-refractivity contribution in [2.75, 3.05) is 18.5 Å². The Bertz CT molecular complexity index is 1040. The maximum atomic E-state index is 6.12. The van der Waals surface area contributed by atoms with E-state index in [9.17, 15) is 0 Å². The van der Waals surface area contributed by atoms with Gasteiger partial charge in [-0.15, -0.1) is 0 Å². The first-order valence-electron chi connectivity index (χ1n) is 10.5. The minimum absolute atomic E-state index is 0.252. The number of hydrogen-bond donors (Lipinski definition) is 1. The molecular formula is C25H29N3O2. The predicted molar refractivity (Wildman–Crippen MR) is 120 cm³/mol. The van der Waals surface area contributed by atoms with Gasteiger partial charge in [-0.1, -0.05) is 26.0 Å². The van der Waals surface area contributed by atoms with Crippen molar-refractivity contribution in [1.82, 2.24) is 9.97 Å². The van der Waals surface area contributed by atoms with E-state index >= 15 is 0 Å². The van der Waals surface area contributed by atoms with Crippen molar-refractivity contribution in [2.24, 2.45) is 5.41 Å². The second-order valence-corrected chi connectivity index (χ2v) is 8.47. The molecule has 0 atom stereocenters. The average molecular weight is 404 g/mol. The molecule has 1 aliphatic rings. The molecule has 3 aromatic rings. The quantitative estimate of drug-likeness (QED) is 0.543. The van der Waals surface area contributed by atoms with Crippen LogP contribution in [0.2, 0.25) is 0 Å². The van der Waals surface area contributed by atoms with Gasteiger partial charge in [-0.05, 0) is 62.1 Å². The number of pyridine rings is 2. The molecule has 1 N–H and O–H groups in total. The van der Waals surface area contributed by atoms with Crippen LogP contribution < -0.4 is 10.1 Å². The van der Waals surface area contributed by atoms with Crippen LogP contribution in [0.15, 0.2) is 48.7 Å². The fourth-order valence-electron chi connectivity index (χ4n) is 3.81. The van der Waals surface area contributed by atoms with Gasteiger partial charge in [-0.25, -0.2) is 4.98 Å². The molecule has 0 spiro atoms. The number of hydrogen-bond acceptors (Lipinski definition) is 5. The van der Waals surface area contributed by atoms with Gasteiger partial charge in [0.25, 0.3) is 0 Å². The summed E-state index contributed by atoms with van der Waals surface area (Å²) in [6.07, 6.45) is 3.68. The monoisotopic (exact) mass is 403 g/mol. The first kappa shape index (κ1) is 20.4. The Balaban J connectivity index is 1.48. The van der Waals surface area contributed by atoms with Crippen LogP contribution in [0, 0.1) is 19.3 Å². The molecule has 156 valence electrons. The van der Waals surface area contributed by atoms with Gasteiger partial charge < -0.3 is 14.8 Å². The summed E-state index contributed by atoms with van der Waals surface area (Å²) in [4.78, 5) is 9.11. The Labute approximate surface area is 178 Å². The maximum absolute atomic E-state index is 6.12. The summed E-state index contributed by atoms with van der Waals surface area (Å²) in [7, 11) is 0. The van der Waals surface area contributed by atoms with Crippen LogP contribution in [0.3, 0.4) is 0 Å². The minimum Gasteiger partial charge on any atom is -0.455 e. The van der Waals surface area contributed by atoms with Gasteiger partial charge in [0.15, 0.2) is 0 Å². The molecule has 0 amide bonds. The highest BCUT2D eigenvalue weighted by Crippen LogP contribution is 2.32. The summed E-state index contributed by atoms with van der Waals surface area (Å²) < 4.78 is 11.5. The molecule has 1 aliphatic heterocycles. The Kier molecular flexibility index (Phi) is 5.73. The molecule has 0 aliphatic carbocycles. The molecule has 0 saturated carbocycles. The fourth-order valence-corrected chi connectivity index (χ4v) is 3.81. The van der Waals surface area contributed by atoms with Gasteiger partial charge in [-0.2, -0.15) is 0 Å². The van der Waals surface area contributed by atoms with E-state index < -0.39 is 0 Å². The van der Waals surface area contributed by atoms with Gasteiger partial charge in [0.2, 0.25) is 0 Å². The maximum Gasteiger partial charge on any atom is 0.148 e. The van der Waals surface area contributed by atoms with Crippen LogP contribution >= 0.6 is 0 Å². The average Bonchev–Trinajstić information content (AvgIpc) is 2.70. The van der Waals surface area contributed by atoms with Crippen molar-refractivity contribution >= 4 is 11.5 Å². The van der Waals surface area contributed by atoms with Crippen molar-refractivity contribution in [3.05, 3.63) is 71.2 Å². The summed E-state index contributed by atoms with van der Waals surface area (Å²) in [5.74, 6) is 2.26. The van der Waals surface area contributed by atoms with Gasteiger partial charge in [0.1, 0.15) is 17.3 Å². The van der Waals surface area contributed by atoms with Crippen molar-refractivity contribution in [3.8, 4) is 11.5 Å². The highest BCUT2D eigenvalue weighted by Gasteiger charge is 2.33. The first-order valence-corrected chi connectivity index (χ1v) is 10.5. The molecule has 0 radical (unpaired) electrons. The summed E-state index contributed by atoms with van der Waals surface area (Å²) in [6, 6.07) is 14.3. The Morgan fingerprint density at radius 3 is 2.70 bits per heavy atom. The Morgan fingerprint density at radius 2 is 1.97 bits per heavy atom. The smallest absolute Gasteiger partial charge is 0.148 e. The molecule has 0 bridgehead atoms. The van der Waals surface area contributed by atoms with E-state index in [1.807, 2.05) is 19.1 Å². The lowest BCUT2D eigenvalue weighted by molar-refractivity contribution is -0.100. The molecule has 4 rings (SSSR count). The van der Waals surface area contributed by atoms with Crippen molar-refractivity contribution in [1.29, 1.82) is 0 Å². The van der Waals surface area contributed by atoms with Crippen LogP contribution in [-0.4, -0.2) is 23.2 Å². The Morgan fingerprint density at radius 1 is 1.13 bits per heavy atom. The highest BCUT2D eigenvalue weighted by atomic mass is 16.5. The number of aromatic nitrogens is 2. The zero-order chi connectivity index (χ0) is 21.1. The number of ether oxygens (including phenoxy) is 2. The third-order valence-electron chi connectivity index (χ3n) is 5.49. The normalized spacial score (nSPS) is 14.8. The van der Waals surface area contributed by atoms with Crippen LogP contribution in [0.1, 0.15) is 36.4 Å². The van der Waals surface area contributed by atoms with E-state index in [1.54, 1.807) is 6.20 Å². The van der Waals surface area contributed by atoms with Crippen LogP contribution in [0.5, 0.6) is 11.5 Å². The molecule has 1 saturated heterocycles. The number of aryl methyl sites for hydroxylation is 3. The number of anilines is 2. The van der Waals surface area contributed by atoms with Gasteiger partial charge in [-0.3, -0.25) is 4.98 Å². The first-order chi connectivity index (χ1) is 14.4. The Hall–Kier alpha value is -2.92. The second-order valence-electron chi connectivity index (χ2n) is 8.47. The molecule has 2 aromatic heterocycles. The SMILES string of the molecule is CCc1nc(C)c(Oc2ccnc(Nc3cccc(CC4(C)COC4)c3)c2)cc1C. The highest BCUT2D eigenvalue weighted by molar-refractivity contribution is 5.58. The zero-order valence-corrected chi connectivity index (χ0v) is 18.2. The third-order valence-corrected chi connectivity index (χ3v) is 5.49.